The zero-order chi connectivity index (χ0) is 28.5. The predicted octanol–water partition coefficient (Wildman–Crippen LogP) is 5.71. The maximum Gasteiger partial charge on any atom is 0.343 e. The second-order valence-electron chi connectivity index (χ2n) is 10.2. The van der Waals surface area contributed by atoms with Crippen molar-refractivity contribution in [2.24, 2.45) is 11.0 Å². The Bertz CT molecular complexity index is 1500. The first-order valence-corrected chi connectivity index (χ1v) is 13.7. The number of rotatable bonds is 12. The Kier molecular flexibility index (Phi) is 9.86. The molecule has 0 bridgehead atoms. The Hall–Kier alpha value is -4.23. The van der Waals surface area contributed by atoms with Gasteiger partial charge in [-0.1, -0.05) is 86.1 Å². The maximum absolute atomic E-state index is 13.5. The van der Waals surface area contributed by atoms with Gasteiger partial charge in [0.25, 0.3) is 0 Å². The van der Waals surface area contributed by atoms with Crippen molar-refractivity contribution < 1.29 is 14.3 Å². The van der Waals surface area contributed by atoms with E-state index in [4.69, 9.17) is 4.42 Å². The van der Waals surface area contributed by atoms with Crippen molar-refractivity contribution in [2.75, 3.05) is 20.1 Å². The molecule has 3 aromatic carbocycles. The summed E-state index contributed by atoms with van der Waals surface area (Å²) in [6.07, 6.45) is 2.28. The molecule has 4 rings (SSSR count). The molecule has 7 nitrogen and oxygen atoms in total. The minimum absolute atomic E-state index is 0.0946. The van der Waals surface area contributed by atoms with E-state index in [0.29, 0.717) is 23.2 Å². The van der Waals surface area contributed by atoms with Gasteiger partial charge in [0, 0.05) is 24.1 Å². The molecule has 1 heterocycles. The molecule has 208 valence electrons. The Morgan fingerprint density at radius 3 is 2.35 bits per heavy atom. The van der Waals surface area contributed by atoms with E-state index in [1.165, 1.54) is 0 Å². The van der Waals surface area contributed by atoms with Crippen molar-refractivity contribution in [1.29, 1.82) is 0 Å². The van der Waals surface area contributed by atoms with Gasteiger partial charge >= 0.3 is 5.63 Å². The third-order valence-corrected chi connectivity index (χ3v) is 7.19. The van der Waals surface area contributed by atoms with E-state index in [0.717, 1.165) is 30.5 Å². The average Bonchev–Trinajstić information content (AvgIpc) is 2.97. The van der Waals surface area contributed by atoms with Crippen molar-refractivity contribution in [3.63, 3.8) is 0 Å². The fraction of sp³-hybridized carbons (Fsp3) is 0.303. The van der Waals surface area contributed by atoms with Gasteiger partial charge in [-0.15, -0.1) is 0 Å². The van der Waals surface area contributed by atoms with E-state index in [2.05, 4.69) is 22.4 Å². The molecule has 0 radical (unpaired) electrons. The van der Waals surface area contributed by atoms with Gasteiger partial charge in [0.05, 0.1) is 17.4 Å². The van der Waals surface area contributed by atoms with Crippen LogP contribution in [-0.4, -0.2) is 41.8 Å². The number of amides is 1. The van der Waals surface area contributed by atoms with Crippen LogP contribution in [0.3, 0.4) is 0 Å². The number of carbonyl (C=O) groups is 1. The Morgan fingerprint density at radius 2 is 1.65 bits per heavy atom. The Balaban J connectivity index is 1.78. The molecule has 0 aliphatic heterocycles. The Labute approximate surface area is 235 Å². The summed E-state index contributed by atoms with van der Waals surface area (Å²) in [6, 6.07) is 26.1. The smallest absolute Gasteiger partial charge is 0.343 e. The fourth-order valence-electron chi connectivity index (χ4n) is 5.07. The molecule has 2 N–H and O–H groups in total. The molecule has 0 saturated carbocycles. The molecule has 7 heteroatoms. The van der Waals surface area contributed by atoms with Gasteiger partial charge in [-0.05, 0) is 50.2 Å². The molecule has 0 aliphatic rings. The van der Waals surface area contributed by atoms with E-state index in [9.17, 15) is 14.7 Å². The monoisotopic (exact) mass is 539 g/mol. The summed E-state index contributed by atoms with van der Waals surface area (Å²) in [5, 5.41) is 16.5. The van der Waals surface area contributed by atoms with E-state index in [1.807, 2.05) is 74.6 Å². The average molecular weight is 540 g/mol. The summed E-state index contributed by atoms with van der Waals surface area (Å²) in [4.78, 5) is 28.4. The van der Waals surface area contributed by atoms with E-state index in [1.54, 1.807) is 24.3 Å². The second kappa shape index (κ2) is 13.7. The van der Waals surface area contributed by atoms with Crippen LogP contribution in [0, 0.1) is 5.92 Å². The normalized spacial score (nSPS) is 13.3. The van der Waals surface area contributed by atoms with Gasteiger partial charge in [-0.25, -0.2) is 10.2 Å². The molecule has 0 spiro atoms. The number of hydrogen-bond donors (Lipinski definition) is 2. The number of hydrazone groups is 1. The van der Waals surface area contributed by atoms with Crippen LogP contribution in [0.25, 0.3) is 11.0 Å². The molecule has 0 aliphatic carbocycles. The van der Waals surface area contributed by atoms with Gasteiger partial charge < -0.3 is 14.4 Å². The predicted molar refractivity (Wildman–Crippen MR) is 160 cm³/mol. The highest BCUT2D eigenvalue weighted by atomic mass is 16.4. The van der Waals surface area contributed by atoms with Crippen LogP contribution in [0.1, 0.15) is 49.3 Å². The number of carbonyl (C=O) groups excluding carboxylic acids is 1. The molecule has 4 aromatic rings. The lowest BCUT2D eigenvalue weighted by Crippen LogP contribution is -2.37. The van der Waals surface area contributed by atoms with Gasteiger partial charge in [-0.2, -0.15) is 5.10 Å². The first-order valence-electron chi connectivity index (χ1n) is 13.7. The third kappa shape index (κ3) is 7.04. The van der Waals surface area contributed by atoms with Gasteiger partial charge in [0.1, 0.15) is 11.3 Å². The van der Waals surface area contributed by atoms with Crippen LogP contribution in [0.15, 0.2) is 99.2 Å². The quantitative estimate of drug-likeness (QED) is 0.137. The fourth-order valence-corrected chi connectivity index (χ4v) is 5.07. The van der Waals surface area contributed by atoms with Crippen LogP contribution in [0.2, 0.25) is 0 Å². The maximum atomic E-state index is 13.5. The van der Waals surface area contributed by atoms with Gasteiger partial charge in [0.15, 0.2) is 0 Å². The lowest BCUT2D eigenvalue weighted by Gasteiger charge is -2.31. The van der Waals surface area contributed by atoms with Crippen LogP contribution in [0.4, 0.5) is 0 Å². The van der Waals surface area contributed by atoms with Crippen LogP contribution in [-0.2, 0) is 11.2 Å². The minimum atomic E-state index is -0.591. The molecular formula is C33H37N3O4. The number of fused-ring (bicyclic) bond motifs is 1. The van der Waals surface area contributed by atoms with Crippen molar-refractivity contribution in [3.05, 3.63) is 112 Å². The van der Waals surface area contributed by atoms with E-state index >= 15 is 0 Å². The highest BCUT2D eigenvalue weighted by molar-refractivity contribution is 5.89. The molecule has 1 aromatic heterocycles. The van der Waals surface area contributed by atoms with E-state index < -0.39 is 11.5 Å². The Morgan fingerprint density at radius 1 is 1.00 bits per heavy atom. The molecule has 1 amide bonds. The number of aromatic hydroxyl groups is 1. The first kappa shape index (κ1) is 28.8. The lowest BCUT2D eigenvalue weighted by molar-refractivity contribution is -0.120. The minimum Gasteiger partial charge on any atom is -0.507 e. The summed E-state index contributed by atoms with van der Waals surface area (Å²) in [5.74, 6) is -1.24. The highest BCUT2D eigenvalue weighted by Crippen LogP contribution is 2.39. The first-order chi connectivity index (χ1) is 19.4. The van der Waals surface area contributed by atoms with Crippen molar-refractivity contribution in [3.8, 4) is 5.75 Å². The number of nitrogens with zero attached hydrogens (tertiary/aromatic N) is 2. The van der Waals surface area contributed by atoms with E-state index in [-0.39, 0.29) is 29.6 Å². The van der Waals surface area contributed by atoms with Crippen molar-refractivity contribution in [2.45, 2.75) is 39.0 Å². The number of benzene rings is 3. The molecule has 0 saturated heterocycles. The summed E-state index contributed by atoms with van der Waals surface area (Å²) >= 11 is 0. The summed E-state index contributed by atoms with van der Waals surface area (Å²) < 4.78 is 5.70. The topological polar surface area (TPSA) is 95.1 Å². The number of unbranched alkanes of at least 4 members (excludes halogenated alkanes) is 1. The van der Waals surface area contributed by atoms with Crippen LogP contribution < -0.4 is 11.1 Å². The third-order valence-electron chi connectivity index (χ3n) is 7.19. The number of hydrogen-bond acceptors (Lipinski definition) is 6. The summed E-state index contributed by atoms with van der Waals surface area (Å²) in [6.45, 7) is 5.41. The molecule has 0 unspecified atom stereocenters. The second-order valence-corrected chi connectivity index (χ2v) is 10.2. The standard InChI is InChI=1S/C33H37N3O4/c1-4-5-20-36(3)22-27(23(2)34-35-29(37)21-24-14-8-6-9-15-24)30(25-16-10-7-11-17-25)31-32(38)26-18-12-13-19-28(26)40-33(31)39/h6-19,27,30,38H,4-5,20-22H2,1-3H3,(H,35,37)/b34-23-/t27-,30+/m1/s1. The molecule has 2 atom stereocenters. The zero-order valence-electron chi connectivity index (χ0n) is 23.3. The van der Waals surface area contributed by atoms with Gasteiger partial charge in [0.2, 0.25) is 5.91 Å². The largest absolute Gasteiger partial charge is 0.507 e. The molecule has 0 fully saturated rings. The summed E-state index contributed by atoms with van der Waals surface area (Å²) in [7, 11) is 2.04. The number of nitrogens with one attached hydrogen (secondary N) is 1. The lowest BCUT2D eigenvalue weighted by atomic mass is 9.78. The summed E-state index contributed by atoms with van der Waals surface area (Å²) in [5.41, 5.74) is 5.02. The van der Waals surface area contributed by atoms with Crippen molar-refractivity contribution >= 4 is 22.6 Å². The molecular weight excluding hydrogens is 502 g/mol. The van der Waals surface area contributed by atoms with Crippen LogP contribution in [0.5, 0.6) is 5.75 Å². The van der Waals surface area contributed by atoms with Gasteiger partial charge in [-0.3, -0.25) is 4.79 Å². The SMILES string of the molecule is CCCCN(C)C[C@H](/C(C)=N\NC(=O)Cc1ccccc1)[C@H](c1ccccc1)c1c(O)c2ccccc2oc1=O. The molecule has 40 heavy (non-hydrogen) atoms. The van der Waals surface area contributed by atoms with Crippen molar-refractivity contribution in [1.82, 2.24) is 10.3 Å². The number of para-hydroxylation sites is 1. The zero-order valence-corrected chi connectivity index (χ0v) is 23.3. The van der Waals surface area contributed by atoms with Crippen LogP contribution >= 0.6 is 0 Å². The highest BCUT2D eigenvalue weighted by Gasteiger charge is 2.34.